The molecule has 0 aliphatic rings. The molecule has 4 nitrogen and oxygen atoms in total. The Morgan fingerprint density at radius 1 is 1.04 bits per heavy atom. The standard InChI is InChI=1S/C21H28Cl2N2O2/c1-4-25(5-2)10-9-24-14-17-12-19(23)21(20(13-17)26-3)27-15-16-7-6-8-18(22)11-16/h6-8,11-13,24H,4-5,9-10,14-15H2,1-3H3. The molecule has 0 aliphatic carbocycles. The molecule has 0 unspecified atom stereocenters. The van der Waals surface area contributed by atoms with E-state index in [9.17, 15) is 0 Å². The molecule has 0 saturated heterocycles. The number of rotatable bonds is 11. The maximum Gasteiger partial charge on any atom is 0.180 e. The number of likely N-dealkylation sites (N-methyl/N-ethyl adjacent to an activating group) is 1. The fourth-order valence-electron chi connectivity index (χ4n) is 2.81. The van der Waals surface area contributed by atoms with E-state index in [1.165, 1.54) is 0 Å². The van der Waals surface area contributed by atoms with Crippen molar-refractivity contribution in [1.29, 1.82) is 0 Å². The van der Waals surface area contributed by atoms with Crippen LogP contribution in [-0.4, -0.2) is 38.2 Å². The number of halogens is 2. The van der Waals surface area contributed by atoms with Crippen molar-refractivity contribution >= 4 is 23.2 Å². The molecule has 27 heavy (non-hydrogen) atoms. The van der Waals surface area contributed by atoms with Crippen LogP contribution in [0.5, 0.6) is 11.5 Å². The second-order valence-corrected chi connectivity index (χ2v) is 7.07. The summed E-state index contributed by atoms with van der Waals surface area (Å²) in [7, 11) is 1.62. The van der Waals surface area contributed by atoms with Gasteiger partial charge in [-0.15, -0.1) is 0 Å². The molecule has 148 valence electrons. The average Bonchev–Trinajstić information content (AvgIpc) is 2.67. The van der Waals surface area contributed by atoms with Crippen molar-refractivity contribution in [3.8, 4) is 11.5 Å². The third kappa shape index (κ3) is 6.89. The molecule has 0 spiro atoms. The molecule has 1 N–H and O–H groups in total. The number of methoxy groups -OCH3 is 1. The van der Waals surface area contributed by atoms with E-state index in [4.69, 9.17) is 32.7 Å². The number of benzene rings is 2. The van der Waals surface area contributed by atoms with Crippen LogP contribution in [0.1, 0.15) is 25.0 Å². The summed E-state index contributed by atoms with van der Waals surface area (Å²) in [4.78, 5) is 2.38. The van der Waals surface area contributed by atoms with E-state index in [0.717, 1.165) is 43.9 Å². The lowest BCUT2D eigenvalue weighted by atomic mass is 10.2. The van der Waals surface area contributed by atoms with E-state index >= 15 is 0 Å². The Morgan fingerprint density at radius 2 is 1.81 bits per heavy atom. The lowest BCUT2D eigenvalue weighted by Crippen LogP contribution is -2.31. The zero-order valence-corrected chi connectivity index (χ0v) is 17.7. The molecule has 0 saturated carbocycles. The first-order chi connectivity index (χ1) is 13.1. The van der Waals surface area contributed by atoms with E-state index in [-0.39, 0.29) is 0 Å². The smallest absolute Gasteiger partial charge is 0.180 e. The number of nitrogens with zero attached hydrogens (tertiary/aromatic N) is 1. The quantitative estimate of drug-likeness (QED) is 0.527. The molecule has 0 radical (unpaired) electrons. The van der Waals surface area contributed by atoms with Gasteiger partial charge in [-0.05, 0) is 48.5 Å². The second-order valence-electron chi connectivity index (χ2n) is 6.23. The van der Waals surface area contributed by atoms with Crippen LogP contribution in [-0.2, 0) is 13.2 Å². The van der Waals surface area contributed by atoms with Gasteiger partial charge < -0.3 is 19.7 Å². The summed E-state index contributed by atoms with van der Waals surface area (Å²) in [6.07, 6.45) is 0. The van der Waals surface area contributed by atoms with Gasteiger partial charge in [0.1, 0.15) is 6.61 Å². The summed E-state index contributed by atoms with van der Waals surface area (Å²) in [6, 6.07) is 11.4. The predicted molar refractivity (Wildman–Crippen MR) is 113 cm³/mol. The first kappa shape index (κ1) is 21.8. The van der Waals surface area contributed by atoms with Gasteiger partial charge in [-0.2, -0.15) is 0 Å². The lowest BCUT2D eigenvalue weighted by molar-refractivity contribution is 0.284. The first-order valence-electron chi connectivity index (χ1n) is 9.24. The van der Waals surface area contributed by atoms with Gasteiger partial charge in [-0.3, -0.25) is 0 Å². The molecule has 0 aromatic heterocycles. The van der Waals surface area contributed by atoms with Crippen molar-refractivity contribution in [2.75, 3.05) is 33.3 Å². The molecule has 6 heteroatoms. The van der Waals surface area contributed by atoms with Crippen molar-refractivity contribution in [3.63, 3.8) is 0 Å². The Morgan fingerprint density at radius 3 is 2.48 bits per heavy atom. The van der Waals surface area contributed by atoms with Crippen LogP contribution in [0.3, 0.4) is 0 Å². The lowest BCUT2D eigenvalue weighted by Gasteiger charge is -2.18. The number of nitrogens with one attached hydrogen (secondary N) is 1. The second kappa shape index (κ2) is 11.4. The van der Waals surface area contributed by atoms with E-state index in [0.29, 0.717) is 28.2 Å². The van der Waals surface area contributed by atoms with Crippen LogP contribution >= 0.6 is 23.2 Å². The SMILES string of the molecule is CCN(CC)CCNCc1cc(Cl)c(OCc2cccc(Cl)c2)c(OC)c1. The molecule has 0 amide bonds. The van der Waals surface area contributed by atoms with E-state index in [1.807, 2.05) is 36.4 Å². The van der Waals surface area contributed by atoms with Crippen LogP contribution in [0.15, 0.2) is 36.4 Å². The van der Waals surface area contributed by atoms with Crippen molar-refractivity contribution in [3.05, 3.63) is 57.6 Å². The average molecular weight is 411 g/mol. The van der Waals surface area contributed by atoms with Gasteiger partial charge in [-0.1, -0.05) is 49.2 Å². The third-order valence-electron chi connectivity index (χ3n) is 4.39. The van der Waals surface area contributed by atoms with Crippen molar-refractivity contribution in [2.24, 2.45) is 0 Å². The molecule has 2 aromatic rings. The Bertz CT molecular complexity index is 721. The highest BCUT2D eigenvalue weighted by Crippen LogP contribution is 2.37. The molecule has 0 bridgehead atoms. The summed E-state index contributed by atoms with van der Waals surface area (Å²) in [5.41, 5.74) is 2.04. The summed E-state index contributed by atoms with van der Waals surface area (Å²) < 4.78 is 11.4. The van der Waals surface area contributed by atoms with E-state index in [1.54, 1.807) is 7.11 Å². The van der Waals surface area contributed by atoms with Gasteiger partial charge in [0.25, 0.3) is 0 Å². The Hall–Kier alpha value is -1.46. The summed E-state index contributed by atoms with van der Waals surface area (Å²) >= 11 is 12.5. The molecule has 2 rings (SSSR count). The van der Waals surface area contributed by atoms with Crippen molar-refractivity contribution in [1.82, 2.24) is 10.2 Å². The van der Waals surface area contributed by atoms with Crippen molar-refractivity contribution < 1.29 is 9.47 Å². The number of hydrogen-bond acceptors (Lipinski definition) is 4. The highest BCUT2D eigenvalue weighted by atomic mass is 35.5. The zero-order valence-electron chi connectivity index (χ0n) is 16.2. The maximum atomic E-state index is 6.45. The largest absolute Gasteiger partial charge is 0.493 e. The normalized spacial score (nSPS) is 11.0. The van der Waals surface area contributed by atoms with Gasteiger partial charge in [0.15, 0.2) is 11.5 Å². The van der Waals surface area contributed by atoms with Crippen molar-refractivity contribution in [2.45, 2.75) is 27.0 Å². The zero-order chi connectivity index (χ0) is 19.6. The Kier molecular flexibility index (Phi) is 9.22. The minimum atomic E-state index is 0.373. The van der Waals surface area contributed by atoms with Gasteiger partial charge in [0.05, 0.1) is 12.1 Å². The highest BCUT2D eigenvalue weighted by molar-refractivity contribution is 6.32. The highest BCUT2D eigenvalue weighted by Gasteiger charge is 2.12. The molecule has 0 aliphatic heterocycles. The monoisotopic (exact) mass is 410 g/mol. The topological polar surface area (TPSA) is 33.7 Å². The van der Waals surface area contributed by atoms with Crippen LogP contribution in [0, 0.1) is 0 Å². The first-order valence-corrected chi connectivity index (χ1v) is 9.99. The third-order valence-corrected chi connectivity index (χ3v) is 4.91. The number of hydrogen-bond donors (Lipinski definition) is 1. The molecule has 0 atom stereocenters. The van der Waals surface area contributed by atoms with Gasteiger partial charge in [0.2, 0.25) is 0 Å². The summed E-state index contributed by atoms with van der Waals surface area (Å²) in [5, 5.41) is 4.67. The maximum absolute atomic E-state index is 6.45. The van der Waals surface area contributed by atoms with Crippen LogP contribution in [0.4, 0.5) is 0 Å². The van der Waals surface area contributed by atoms with E-state index < -0.39 is 0 Å². The fourth-order valence-corrected chi connectivity index (χ4v) is 3.31. The molecule has 0 fully saturated rings. The van der Waals surface area contributed by atoms with Crippen LogP contribution in [0.2, 0.25) is 10.0 Å². The van der Waals surface area contributed by atoms with Gasteiger partial charge in [0, 0.05) is 24.7 Å². The van der Waals surface area contributed by atoms with E-state index in [2.05, 4.69) is 24.1 Å². The van der Waals surface area contributed by atoms with Gasteiger partial charge >= 0.3 is 0 Å². The summed E-state index contributed by atoms with van der Waals surface area (Å²) in [6.45, 7) is 9.54. The van der Waals surface area contributed by atoms with Crippen LogP contribution < -0.4 is 14.8 Å². The molecule has 2 aromatic carbocycles. The molecular formula is C21H28Cl2N2O2. The predicted octanol–water partition coefficient (Wildman–Crippen LogP) is 5.01. The molecule has 0 heterocycles. The number of ether oxygens (including phenoxy) is 2. The molecular weight excluding hydrogens is 383 g/mol. The minimum Gasteiger partial charge on any atom is -0.493 e. The Balaban J connectivity index is 1.97. The minimum absolute atomic E-state index is 0.373. The van der Waals surface area contributed by atoms with Gasteiger partial charge in [-0.25, -0.2) is 0 Å². The van der Waals surface area contributed by atoms with Crippen LogP contribution in [0.25, 0.3) is 0 Å². The fraction of sp³-hybridized carbons (Fsp3) is 0.429. The summed E-state index contributed by atoms with van der Waals surface area (Å²) in [5.74, 6) is 1.18. The Labute approximate surface area is 172 Å².